The van der Waals surface area contributed by atoms with Crippen LogP contribution in [0.5, 0.6) is 0 Å². The van der Waals surface area contributed by atoms with E-state index >= 15 is 0 Å². The largest absolute Gasteiger partial charge is 0.416 e. The Morgan fingerprint density at radius 1 is 0.897 bits per heavy atom. The second-order valence-corrected chi connectivity index (χ2v) is 9.20. The van der Waals surface area contributed by atoms with Crippen LogP contribution >= 0.6 is 0 Å². The van der Waals surface area contributed by atoms with Gasteiger partial charge in [-0.15, -0.1) is 0 Å². The number of carbonyl (C=O) groups is 1. The number of amides is 1. The molecule has 0 saturated carbocycles. The van der Waals surface area contributed by atoms with Gasteiger partial charge in [0.15, 0.2) is 0 Å². The maximum absolute atomic E-state index is 13.6. The Bertz CT molecular complexity index is 1490. The monoisotopic (exact) mass is 547 g/mol. The summed E-state index contributed by atoms with van der Waals surface area (Å²) in [5, 5.41) is 3.94. The molecule has 0 unspecified atom stereocenters. The van der Waals surface area contributed by atoms with Crippen LogP contribution in [-0.2, 0) is 18.9 Å². The lowest BCUT2D eigenvalue weighted by molar-refractivity contribution is -0.143. The number of alkyl halides is 6. The van der Waals surface area contributed by atoms with E-state index in [1.165, 1.54) is 13.2 Å². The van der Waals surface area contributed by atoms with Crippen LogP contribution < -0.4 is 0 Å². The zero-order chi connectivity index (χ0) is 28.7. The van der Waals surface area contributed by atoms with Gasteiger partial charge in [-0.25, -0.2) is 0 Å². The highest BCUT2D eigenvalue weighted by atomic mass is 19.4. The molecule has 0 fully saturated rings. The van der Waals surface area contributed by atoms with Gasteiger partial charge in [0.2, 0.25) is 0 Å². The first-order valence-electron chi connectivity index (χ1n) is 11.7. The molecule has 39 heavy (non-hydrogen) atoms. The number of rotatable bonds is 5. The van der Waals surface area contributed by atoms with Crippen molar-refractivity contribution in [3.63, 3.8) is 0 Å². The predicted molar refractivity (Wildman–Crippen MR) is 132 cm³/mol. The van der Waals surface area contributed by atoms with E-state index in [9.17, 15) is 31.1 Å². The summed E-state index contributed by atoms with van der Waals surface area (Å²) in [6, 6.07) is 10.2. The van der Waals surface area contributed by atoms with Gasteiger partial charge in [-0.1, -0.05) is 29.4 Å². The molecule has 0 aliphatic rings. The van der Waals surface area contributed by atoms with Crippen molar-refractivity contribution in [2.24, 2.45) is 0 Å². The number of carbonyl (C=O) groups excluding carboxylic acids is 1. The lowest BCUT2D eigenvalue weighted by Crippen LogP contribution is -2.27. The minimum absolute atomic E-state index is 0.0545. The summed E-state index contributed by atoms with van der Waals surface area (Å²) < 4.78 is 85.2. The van der Waals surface area contributed by atoms with Crippen LogP contribution in [0, 0.1) is 20.8 Å². The SMILES string of the molecule is Cc1ccccc1-c1cc(-c2c(C)noc2C)ncc1C(=O)N(C)Cc1cc(C(F)(F)F)cc(C(F)(F)F)c1. The van der Waals surface area contributed by atoms with Crippen molar-refractivity contribution < 1.29 is 35.7 Å². The normalized spacial score (nSPS) is 12.1. The molecule has 4 rings (SSSR count). The number of halogens is 6. The van der Waals surface area contributed by atoms with E-state index in [0.29, 0.717) is 46.0 Å². The second-order valence-electron chi connectivity index (χ2n) is 9.20. The quantitative estimate of drug-likeness (QED) is 0.241. The maximum atomic E-state index is 13.6. The second kappa shape index (κ2) is 10.2. The number of aryl methyl sites for hydroxylation is 3. The Morgan fingerprint density at radius 2 is 1.51 bits per heavy atom. The summed E-state index contributed by atoms with van der Waals surface area (Å²) in [5.41, 5.74) is 0.722. The summed E-state index contributed by atoms with van der Waals surface area (Å²) in [4.78, 5) is 19.0. The van der Waals surface area contributed by atoms with E-state index in [-0.39, 0.29) is 17.2 Å². The van der Waals surface area contributed by atoms with Crippen molar-refractivity contribution in [2.45, 2.75) is 39.7 Å². The number of nitrogens with zero attached hydrogens (tertiary/aromatic N) is 3. The average molecular weight is 547 g/mol. The smallest absolute Gasteiger partial charge is 0.361 e. The van der Waals surface area contributed by atoms with E-state index in [0.717, 1.165) is 10.5 Å². The molecule has 11 heteroatoms. The van der Waals surface area contributed by atoms with Gasteiger partial charge in [0, 0.05) is 19.8 Å². The topological polar surface area (TPSA) is 59.2 Å². The van der Waals surface area contributed by atoms with Gasteiger partial charge in [0.25, 0.3) is 5.91 Å². The van der Waals surface area contributed by atoms with E-state index in [1.54, 1.807) is 32.0 Å². The van der Waals surface area contributed by atoms with Crippen LogP contribution in [-0.4, -0.2) is 28.0 Å². The van der Waals surface area contributed by atoms with E-state index in [4.69, 9.17) is 4.52 Å². The molecular weight excluding hydrogens is 524 g/mol. The molecule has 0 spiro atoms. The Kier molecular flexibility index (Phi) is 7.29. The minimum atomic E-state index is -4.99. The van der Waals surface area contributed by atoms with Crippen LogP contribution in [0.25, 0.3) is 22.4 Å². The lowest BCUT2D eigenvalue weighted by atomic mass is 9.94. The molecule has 2 aromatic carbocycles. The molecule has 204 valence electrons. The summed E-state index contributed by atoms with van der Waals surface area (Å²) in [5.74, 6) is -0.103. The average Bonchev–Trinajstić information content (AvgIpc) is 3.20. The lowest BCUT2D eigenvalue weighted by Gasteiger charge is -2.21. The van der Waals surface area contributed by atoms with Crippen molar-refractivity contribution in [3.05, 3.63) is 94.0 Å². The zero-order valence-corrected chi connectivity index (χ0v) is 21.3. The van der Waals surface area contributed by atoms with E-state index in [2.05, 4.69) is 10.1 Å². The Balaban J connectivity index is 1.77. The highest BCUT2D eigenvalue weighted by Crippen LogP contribution is 2.37. The highest BCUT2D eigenvalue weighted by molar-refractivity contribution is 6.01. The summed E-state index contributed by atoms with van der Waals surface area (Å²) >= 11 is 0. The van der Waals surface area contributed by atoms with Crippen molar-refractivity contribution in [2.75, 3.05) is 7.05 Å². The van der Waals surface area contributed by atoms with Crippen molar-refractivity contribution in [1.82, 2.24) is 15.0 Å². The van der Waals surface area contributed by atoms with Gasteiger partial charge in [0.1, 0.15) is 5.76 Å². The number of aromatic nitrogens is 2. The van der Waals surface area contributed by atoms with E-state index in [1.807, 2.05) is 19.1 Å². The fraction of sp³-hybridized carbons (Fsp3) is 0.250. The molecule has 0 aliphatic carbocycles. The van der Waals surface area contributed by atoms with Gasteiger partial charge in [0.05, 0.1) is 33.6 Å². The third kappa shape index (κ3) is 5.81. The molecule has 2 heterocycles. The third-order valence-electron chi connectivity index (χ3n) is 6.27. The van der Waals surface area contributed by atoms with Crippen molar-refractivity contribution in [3.8, 4) is 22.4 Å². The minimum Gasteiger partial charge on any atom is -0.361 e. The molecular formula is C28H23F6N3O2. The number of hydrogen-bond donors (Lipinski definition) is 0. The Hall–Kier alpha value is -4.15. The first-order chi connectivity index (χ1) is 18.2. The van der Waals surface area contributed by atoms with Crippen LogP contribution in [0.1, 0.15) is 44.1 Å². The molecule has 0 saturated heterocycles. The summed E-state index contributed by atoms with van der Waals surface area (Å²) in [6.45, 7) is 4.83. The van der Waals surface area contributed by atoms with Crippen LogP contribution in [0.15, 0.2) is 59.3 Å². The molecule has 0 bridgehead atoms. The molecule has 0 radical (unpaired) electrons. The Labute approximate surface area is 220 Å². The molecule has 5 nitrogen and oxygen atoms in total. The molecule has 1 amide bonds. The zero-order valence-electron chi connectivity index (χ0n) is 21.3. The number of benzene rings is 2. The molecule has 0 aliphatic heterocycles. The fourth-order valence-corrected chi connectivity index (χ4v) is 4.37. The summed E-state index contributed by atoms with van der Waals surface area (Å²) in [6.07, 6.45) is -8.64. The molecule has 0 atom stereocenters. The number of hydrogen-bond acceptors (Lipinski definition) is 4. The highest BCUT2D eigenvalue weighted by Gasteiger charge is 2.37. The molecule has 4 aromatic rings. The predicted octanol–water partition coefficient (Wildman–Crippen LogP) is 7.64. The van der Waals surface area contributed by atoms with Gasteiger partial charge in [-0.05, 0) is 67.3 Å². The van der Waals surface area contributed by atoms with Crippen molar-refractivity contribution in [1.29, 1.82) is 0 Å². The molecule has 2 aromatic heterocycles. The number of pyridine rings is 1. The van der Waals surface area contributed by atoms with Gasteiger partial charge in [-0.3, -0.25) is 9.78 Å². The van der Waals surface area contributed by atoms with Gasteiger partial charge < -0.3 is 9.42 Å². The Morgan fingerprint density at radius 3 is 2.05 bits per heavy atom. The van der Waals surface area contributed by atoms with Crippen LogP contribution in [0.2, 0.25) is 0 Å². The van der Waals surface area contributed by atoms with Crippen LogP contribution in [0.3, 0.4) is 0 Å². The van der Waals surface area contributed by atoms with E-state index < -0.39 is 35.9 Å². The van der Waals surface area contributed by atoms with Crippen LogP contribution in [0.4, 0.5) is 26.3 Å². The maximum Gasteiger partial charge on any atom is 0.416 e. The van der Waals surface area contributed by atoms with Gasteiger partial charge >= 0.3 is 12.4 Å². The van der Waals surface area contributed by atoms with Crippen molar-refractivity contribution >= 4 is 5.91 Å². The fourth-order valence-electron chi connectivity index (χ4n) is 4.37. The summed E-state index contributed by atoms with van der Waals surface area (Å²) in [7, 11) is 1.31. The first-order valence-corrected chi connectivity index (χ1v) is 11.7. The third-order valence-corrected chi connectivity index (χ3v) is 6.27. The molecule has 0 N–H and O–H groups in total. The first kappa shape index (κ1) is 27.9. The standard InChI is InChI=1S/C28H23F6N3O2/c1-15-7-5-6-8-21(15)22-12-24(25-16(2)36-39-17(25)3)35-13-23(22)26(38)37(4)14-18-9-19(27(29,30)31)11-20(10-18)28(32,33)34/h5-13H,14H2,1-4H3. The van der Waals surface area contributed by atoms with Gasteiger partial charge in [-0.2, -0.15) is 26.3 Å².